The predicted octanol–water partition coefficient (Wildman–Crippen LogP) is 4.98. The van der Waals surface area contributed by atoms with Crippen molar-refractivity contribution in [3.63, 3.8) is 0 Å². The van der Waals surface area contributed by atoms with Gasteiger partial charge in [0.25, 0.3) is 0 Å². The fraction of sp³-hybridized carbons (Fsp3) is 0.462. The van der Waals surface area contributed by atoms with Gasteiger partial charge in [0.1, 0.15) is 0 Å². The second kappa shape index (κ2) is 5.74. The lowest BCUT2D eigenvalue weighted by Crippen LogP contribution is -2.19. The molecule has 0 bridgehead atoms. The third kappa shape index (κ3) is 3.25. The molecule has 0 aliphatic heterocycles. The van der Waals surface area contributed by atoms with E-state index in [2.05, 4.69) is 0 Å². The number of alkyl halides is 3. The van der Waals surface area contributed by atoms with E-state index in [-0.39, 0.29) is 16.5 Å². The fourth-order valence-corrected chi connectivity index (χ4v) is 2.02. The van der Waals surface area contributed by atoms with Gasteiger partial charge in [-0.25, -0.2) is 0 Å². The number of hydrogen-bond donors (Lipinski definition) is 0. The molecule has 1 aromatic rings. The summed E-state index contributed by atoms with van der Waals surface area (Å²) in [6.45, 7) is 3.57. The van der Waals surface area contributed by atoms with E-state index in [4.69, 9.17) is 11.6 Å². The van der Waals surface area contributed by atoms with Gasteiger partial charge in [0.15, 0.2) is 5.78 Å². The molecule has 0 fully saturated rings. The molecule has 0 unspecified atom stereocenters. The van der Waals surface area contributed by atoms with Crippen LogP contribution in [0.15, 0.2) is 18.2 Å². The van der Waals surface area contributed by atoms with Crippen LogP contribution in [0.3, 0.4) is 0 Å². The molecular formula is C13H14ClF3O. The highest BCUT2D eigenvalue weighted by Crippen LogP contribution is 2.35. The Morgan fingerprint density at radius 2 is 1.83 bits per heavy atom. The van der Waals surface area contributed by atoms with Gasteiger partial charge in [-0.3, -0.25) is 4.79 Å². The number of Topliss-reactive ketones (excluding diaryl/α,β-unsaturated/α-hetero) is 1. The van der Waals surface area contributed by atoms with Gasteiger partial charge in [0.2, 0.25) is 0 Å². The molecule has 0 saturated carbocycles. The lowest BCUT2D eigenvalue weighted by Gasteiger charge is -2.16. The second-order valence-corrected chi connectivity index (χ2v) is 4.50. The predicted molar refractivity (Wildman–Crippen MR) is 64.9 cm³/mol. The first kappa shape index (κ1) is 15.0. The minimum absolute atomic E-state index is 0.0246. The number of carbonyl (C=O) groups excluding carboxylic acids is 1. The van der Waals surface area contributed by atoms with Gasteiger partial charge in [-0.2, -0.15) is 13.2 Å². The van der Waals surface area contributed by atoms with Crippen LogP contribution in [-0.4, -0.2) is 5.78 Å². The number of ketones is 1. The quantitative estimate of drug-likeness (QED) is 0.710. The van der Waals surface area contributed by atoms with Crippen LogP contribution in [0.2, 0.25) is 5.02 Å². The molecule has 5 heteroatoms. The normalized spacial score (nSPS) is 11.9. The van der Waals surface area contributed by atoms with Crippen molar-refractivity contribution in [3.05, 3.63) is 34.3 Å². The third-order valence-corrected chi connectivity index (χ3v) is 3.14. The van der Waals surface area contributed by atoms with Gasteiger partial charge in [0, 0.05) is 16.5 Å². The average Bonchev–Trinajstić information content (AvgIpc) is 2.29. The van der Waals surface area contributed by atoms with E-state index in [1.54, 1.807) is 13.8 Å². The maximum Gasteiger partial charge on any atom is 0.417 e. The van der Waals surface area contributed by atoms with Gasteiger partial charge in [0.05, 0.1) is 5.56 Å². The topological polar surface area (TPSA) is 17.1 Å². The van der Waals surface area contributed by atoms with Gasteiger partial charge in [-0.1, -0.05) is 25.4 Å². The Bertz CT molecular complexity index is 436. The van der Waals surface area contributed by atoms with E-state index < -0.39 is 17.5 Å². The summed E-state index contributed by atoms with van der Waals surface area (Å²) in [4.78, 5) is 12.0. The number of rotatable bonds is 4. The smallest absolute Gasteiger partial charge is 0.294 e. The molecule has 0 saturated heterocycles. The van der Waals surface area contributed by atoms with Gasteiger partial charge in [-0.15, -0.1) is 0 Å². The van der Waals surface area contributed by atoms with E-state index in [1.807, 2.05) is 0 Å². The number of carbonyl (C=O) groups is 1. The largest absolute Gasteiger partial charge is 0.417 e. The van der Waals surface area contributed by atoms with Crippen molar-refractivity contribution in [1.82, 2.24) is 0 Å². The van der Waals surface area contributed by atoms with Crippen LogP contribution in [0.25, 0.3) is 0 Å². The van der Waals surface area contributed by atoms with Crippen LogP contribution in [0.5, 0.6) is 0 Å². The number of hydrogen-bond acceptors (Lipinski definition) is 1. The van der Waals surface area contributed by atoms with Crippen LogP contribution >= 0.6 is 11.6 Å². The zero-order chi connectivity index (χ0) is 13.9. The molecule has 1 aromatic carbocycles. The monoisotopic (exact) mass is 278 g/mol. The highest BCUT2D eigenvalue weighted by Gasteiger charge is 2.36. The Kier molecular flexibility index (Phi) is 4.79. The maximum absolute atomic E-state index is 12.8. The van der Waals surface area contributed by atoms with E-state index in [9.17, 15) is 18.0 Å². The molecule has 1 nitrogen and oxygen atoms in total. The van der Waals surface area contributed by atoms with Gasteiger partial charge < -0.3 is 0 Å². The third-order valence-electron chi connectivity index (χ3n) is 2.91. The molecule has 0 radical (unpaired) electrons. The Balaban J connectivity index is 3.28. The molecule has 0 amide bonds. The summed E-state index contributed by atoms with van der Waals surface area (Å²) in [5.41, 5.74) is -1.24. The van der Waals surface area contributed by atoms with Gasteiger partial charge >= 0.3 is 6.18 Å². The molecular weight excluding hydrogens is 265 g/mol. The summed E-state index contributed by atoms with van der Waals surface area (Å²) >= 11 is 5.56. The molecule has 0 atom stereocenters. The van der Waals surface area contributed by atoms with Crippen LogP contribution in [0.4, 0.5) is 13.2 Å². The SMILES string of the molecule is CCC(CC)C(=O)c1ccc(Cl)cc1C(F)(F)F. The number of benzene rings is 1. The Morgan fingerprint density at radius 3 is 2.28 bits per heavy atom. The molecule has 0 aliphatic rings. The lowest BCUT2D eigenvalue weighted by molar-refractivity contribution is -0.137. The van der Waals surface area contributed by atoms with Gasteiger partial charge in [-0.05, 0) is 31.0 Å². The van der Waals surface area contributed by atoms with Crippen molar-refractivity contribution in [3.8, 4) is 0 Å². The van der Waals surface area contributed by atoms with Crippen molar-refractivity contribution < 1.29 is 18.0 Å². The van der Waals surface area contributed by atoms with Crippen molar-refractivity contribution in [2.75, 3.05) is 0 Å². The minimum Gasteiger partial charge on any atom is -0.294 e. The summed E-state index contributed by atoms with van der Waals surface area (Å²) in [6.07, 6.45) is -3.52. The average molecular weight is 279 g/mol. The molecule has 0 spiro atoms. The highest BCUT2D eigenvalue weighted by molar-refractivity contribution is 6.30. The summed E-state index contributed by atoms with van der Waals surface area (Å²) < 4.78 is 38.5. The summed E-state index contributed by atoms with van der Waals surface area (Å²) in [5.74, 6) is -0.851. The van der Waals surface area contributed by atoms with E-state index in [1.165, 1.54) is 6.07 Å². The van der Waals surface area contributed by atoms with Crippen LogP contribution < -0.4 is 0 Å². The second-order valence-electron chi connectivity index (χ2n) is 4.07. The molecule has 0 aromatic heterocycles. The van der Waals surface area contributed by atoms with E-state index in [0.717, 1.165) is 12.1 Å². The Hall–Kier alpha value is -1.03. The highest BCUT2D eigenvalue weighted by atomic mass is 35.5. The van der Waals surface area contributed by atoms with Crippen molar-refractivity contribution in [1.29, 1.82) is 0 Å². The molecule has 0 aliphatic carbocycles. The first-order chi connectivity index (χ1) is 8.31. The first-order valence-corrected chi connectivity index (χ1v) is 6.10. The fourth-order valence-electron chi connectivity index (χ4n) is 1.85. The van der Waals surface area contributed by atoms with Crippen molar-refractivity contribution >= 4 is 17.4 Å². The molecule has 1 rings (SSSR count). The van der Waals surface area contributed by atoms with Crippen LogP contribution in [-0.2, 0) is 6.18 Å². The minimum atomic E-state index is -4.57. The molecule has 18 heavy (non-hydrogen) atoms. The summed E-state index contributed by atoms with van der Waals surface area (Å²) in [5, 5.41) is -0.0246. The summed E-state index contributed by atoms with van der Waals surface area (Å²) in [7, 11) is 0. The zero-order valence-electron chi connectivity index (χ0n) is 10.1. The number of halogens is 4. The standard InChI is InChI=1S/C13H14ClF3O/c1-3-8(4-2)12(18)10-6-5-9(14)7-11(10)13(15,16)17/h5-8H,3-4H2,1-2H3. The van der Waals surface area contributed by atoms with Crippen molar-refractivity contribution in [2.24, 2.45) is 5.92 Å². The van der Waals surface area contributed by atoms with E-state index in [0.29, 0.717) is 12.8 Å². The first-order valence-electron chi connectivity index (χ1n) is 5.72. The molecule has 0 heterocycles. The maximum atomic E-state index is 12.8. The van der Waals surface area contributed by atoms with Crippen molar-refractivity contribution in [2.45, 2.75) is 32.9 Å². The van der Waals surface area contributed by atoms with Crippen LogP contribution in [0.1, 0.15) is 42.6 Å². The van der Waals surface area contributed by atoms with Crippen LogP contribution in [0, 0.1) is 5.92 Å². The summed E-state index contributed by atoms with van der Waals surface area (Å²) in [6, 6.07) is 3.27. The lowest BCUT2D eigenvalue weighted by atomic mass is 9.90. The van der Waals surface area contributed by atoms with E-state index >= 15 is 0 Å². The Morgan fingerprint density at radius 1 is 1.28 bits per heavy atom. The molecule has 100 valence electrons. The Labute approximate surface area is 109 Å². The molecule has 0 N–H and O–H groups in total. The zero-order valence-corrected chi connectivity index (χ0v) is 10.9.